The third kappa shape index (κ3) is 6.09. The van der Waals surface area contributed by atoms with Gasteiger partial charge < -0.3 is 24.3 Å². The van der Waals surface area contributed by atoms with E-state index >= 15 is 0 Å². The summed E-state index contributed by atoms with van der Waals surface area (Å²) in [5.41, 5.74) is 4.85. The van der Waals surface area contributed by atoms with E-state index in [-0.39, 0.29) is 0 Å². The molecule has 0 aliphatic carbocycles. The molecule has 3 N–H and O–H groups in total. The number of pyridine rings is 1. The van der Waals surface area contributed by atoms with Gasteiger partial charge in [-0.2, -0.15) is 5.10 Å². The third-order valence-electron chi connectivity index (χ3n) is 5.96. The van der Waals surface area contributed by atoms with Gasteiger partial charge in [0.15, 0.2) is 0 Å². The Morgan fingerprint density at radius 1 is 1.14 bits per heavy atom. The van der Waals surface area contributed by atoms with E-state index in [1.165, 1.54) is 0 Å². The molecular weight excluding hydrogens is 458 g/mol. The summed E-state index contributed by atoms with van der Waals surface area (Å²) in [5.74, 6) is 1.36. The lowest BCUT2D eigenvalue weighted by molar-refractivity contribution is 0.0369. The largest absolute Gasteiger partial charge is 0.457 e. The van der Waals surface area contributed by atoms with Crippen molar-refractivity contribution in [1.29, 1.82) is 0 Å². The van der Waals surface area contributed by atoms with Gasteiger partial charge in [-0.15, -0.1) is 0 Å². The lowest BCUT2D eigenvalue weighted by atomic mass is 10.3. The highest BCUT2D eigenvalue weighted by molar-refractivity contribution is 5.90. The first-order valence-corrected chi connectivity index (χ1v) is 12.0. The zero-order chi connectivity index (χ0) is 24.6. The molecule has 0 spiro atoms. The van der Waals surface area contributed by atoms with Crippen LogP contribution in [0.25, 0.3) is 11.0 Å². The van der Waals surface area contributed by atoms with Gasteiger partial charge in [0.25, 0.3) is 0 Å². The summed E-state index contributed by atoms with van der Waals surface area (Å²) in [5, 5.41) is 7.77. The van der Waals surface area contributed by atoms with E-state index < -0.39 is 6.03 Å². The number of rotatable bonds is 9. The maximum Gasteiger partial charge on any atom is 0.339 e. The van der Waals surface area contributed by atoms with Gasteiger partial charge in [-0.1, -0.05) is 0 Å². The number of H-pyrrole nitrogens is 1. The van der Waals surface area contributed by atoms with Crippen LogP contribution >= 0.6 is 0 Å². The summed E-state index contributed by atoms with van der Waals surface area (Å²) in [6, 6.07) is 14.4. The molecule has 0 radical (unpaired) electrons. The van der Waals surface area contributed by atoms with Crippen LogP contribution in [0.3, 0.4) is 0 Å². The number of anilines is 1. The predicted octanol–water partition coefficient (Wildman–Crippen LogP) is 4.03. The molecule has 2 amide bonds. The van der Waals surface area contributed by atoms with Crippen LogP contribution < -0.4 is 15.5 Å². The highest BCUT2D eigenvalue weighted by atomic mass is 16.5. The number of fused-ring (bicyclic) bond motifs is 1. The smallest absolute Gasteiger partial charge is 0.339 e. The normalized spacial score (nSPS) is 14.3. The Hall–Kier alpha value is -4.15. The average molecular weight is 488 g/mol. The Morgan fingerprint density at radius 3 is 2.86 bits per heavy atom. The van der Waals surface area contributed by atoms with Crippen LogP contribution in [-0.4, -0.2) is 64.5 Å². The molecule has 1 saturated heterocycles. The van der Waals surface area contributed by atoms with Gasteiger partial charge in [0.2, 0.25) is 0 Å². The monoisotopic (exact) mass is 487 g/mol. The van der Waals surface area contributed by atoms with Crippen molar-refractivity contribution < 1.29 is 14.3 Å². The van der Waals surface area contributed by atoms with Gasteiger partial charge in [0.05, 0.1) is 30.5 Å². The number of hydrogen-bond acceptors (Lipinski definition) is 6. The van der Waals surface area contributed by atoms with E-state index in [1.54, 1.807) is 36.7 Å². The molecule has 4 aromatic rings. The van der Waals surface area contributed by atoms with Crippen LogP contribution in [0.1, 0.15) is 12.1 Å². The van der Waals surface area contributed by atoms with Crippen LogP contribution in [0.4, 0.5) is 10.5 Å². The lowest BCUT2D eigenvalue weighted by Gasteiger charge is -2.26. The van der Waals surface area contributed by atoms with Crippen molar-refractivity contribution in [3.63, 3.8) is 0 Å². The molecule has 36 heavy (non-hydrogen) atoms. The summed E-state index contributed by atoms with van der Waals surface area (Å²) >= 11 is 0. The SMILES string of the molecule is O=C(N/N=C/c1cccn1CCCN1CCOCC1)Nc1ccc(Oc2ccnc3[nH]ccc23)cc1. The molecule has 1 aliphatic rings. The summed E-state index contributed by atoms with van der Waals surface area (Å²) in [6.07, 6.45) is 8.24. The highest BCUT2D eigenvalue weighted by Crippen LogP contribution is 2.28. The molecule has 0 saturated carbocycles. The first-order valence-electron chi connectivity index (χ1n) is 12.0. The molecule has 1 aromatic carbocycles. The number of carbonyl (C=O) groups excluding carboxylic acids is 1. The number of hydrazone groups is 1. The molecule has 1 fully saturated rings. The van der Waals surface area contributed by atoms with Crippen molar-refractivity contribution in [3.8, 4) is 11.5 Å². The van der Waals surface area contributed by atoms with E-state index in [1.807, 2.05) is 36.7 Å². The minimum Gasteiger partial charge on any atom is -0.457 e. The van der Waals surface area contributed by atoms with Crippen molar-refractivity contribution >= 4 is 29.0 Å². The molecular formula is C26H29N7O3. The number of nitrogens with zero attached hydrogens (tertiary/aromatic N) is 4. The molecule has 5 rings (SSSR count). The maximum atomic E-state index is 12.3. The fourth-order valence-electron chi connectivity index (χ4n) is 4.11. The fourth-order valence-corrected chi connectivity index (χ4v) is 4.11. The second-order valence-corrected chi connectivity index (χ2v) is 8.43. The molecule has 0 bridgehead atoms. The molecule has 0 atom stereocenters. The number of morpholine rings is 1. The summed E-state index contributed by atoms with van der Waals surface area (Å²) in [7, 11) is 0. The number of benzene rings is 1. The van der Waals surface area contributed by atoms with Gasteiger partial charge in [-0.3, -0.25) is 4.90 Å². The fraction of sp³-hybridized carbons (Fsp3) is 0.269. The summed E-state index contributed by atoms with van der Waals surface area (Å²) in [4.78, 5) is 22.0. The Bertz CT molecular complexity index is 1310. The predicted molar refractivity (Wildman–Crippen MR) is 139 cm³/mol. The zero-order valence-corrected chi connectivity index (χ0v) is 19.9. The number of aryl methyl sites for hydroxylation is 1. The van der Waals surface area contributed by atoms with E-state index in [0.29, 0.717) is 17.2 Å². The van der Waals surface area contributed by atoms with Crippen molar-refractivity contribution in [2.75, 3.05) is 38.2 Å². The van der Waals surface area contributed by atoms with Gasteiger partial charge >= 0.3 is 6.03 Å². The van der Waals surface area contributed by atoms with Crippen molar-refractivity contribution in [2.45, 2.75) is 13.0 Å². The number of amides is 2. The summed E-state index contributed by atoms with van der Waals surface area (Å²) in [6.45, 7) is 5.56. The first-order chi connectivity index (χ1) is 17.7. The molecule has 4 heterocycles. The quantitative estimate of drug-likeness (QED) is 0.244. The number of urea groups is 1. The molecule has 3 aromatic heterocycles. The number of ether oxygens (including phenoxy) is 2. The number of nitrogens with one attached hydrogen (secondary N) is 3. The second kappa shape index (κ2) is 11.5. The van der Waals surface area contributed by atoms with Crippen LogP contribution in [0, 0.1) is 0 Å². The van der Waals surface area contributed by atoms with Crippen molar-refractivity contribution in [2.24, 2.45) is 5.10 Å². The minimum absolute atomic E-state index is 0.423. The molecule has 1 aliphatic heterocycles. The lowest BCUT2D eigenvalue weighted by Crippen LogP contribution is -2.37. The van der Waals surface area contributed by atoms with Gasteiger partial charge in [-0.05, 0) is 55.0 Å². The summed E-state index contributed by atoms with van der Waals surface area (Å²) < 4.78 is 13.5. The first kappa shape index (κ1) is 23.6. The van der Waals surface area contributed by atoms with Crippen LogP contribution in [0.15, 0.2) is 72.2 Å². The molecule has 186 valence electrons. The van der Waals surface area contributed by atoms with Crippen LogP contribution in [0.2, 0.25) is 0 Å². The number of hydrogen-bond donors (Lipinski definition) is 3. The number of carbonyl (C=O) groups is 1. The van der Waals surface area contributed by atoms with Gasteiger partial charge in [0, 0.05) is 50.5 Å². The number of aromatic nitrogens is 3. The van der Waals surface area contributed by atoms with E-state index in [2.05, 4.69) is 35.3 Å². The van der Waals surface area contributed by atoms with E-state index in [0.717, 1.165) is 62.5 Å². The zero-order valence-electron chi connectivity index (χ0n) is 19.9. The third-order valence-corrected chi connectivity index (χ3v) is 5.96. The Labute approximate surface area is 208 Å². The van der Waals surface area contributed by atoms with Crippen LogP contribution in [-0.2, 0) is 11.3 Å². The van der Waals surface area contributed by atoms with Crippen LogP contribution in [0.5, 0.6) is 11.5 Å². The van der Waals surface area contributed by atoms with Crippen molar-refractivity contribution in [3.05, 3.63) is 72.8 Å². The van der Waals surface area contributed by atoms with Crippen molar-refractivity contribution in [1.82, 2.24) is 24.9 Å². The van der Waals surface area contributed by atoms with E-state index in [9.17, 15) is 4.79 Å². The molecule has 0 unspecified atom stereocenters. The van der Waals surface area contributed by atoms with E-state index in [4.69, 9.17) is 9.47 Å². The maximum absolute atomic E-state index is 12.3. The second-order valence-electron chi connectivity index (χ2n) is 8.43. The van der Waals surface area contributed by atoms with Gasteiger partial charge in [0.1, 0.15) is 17.1 Å². The number of aromatic amines is 1. The standard InChI is InChI=1S/C26H29N7O3/c34-26(31-29-19-21-3-1-13-33(21)14-2-12-32-15-17-35-18-16-32)30-20-4-6-22(7-5-20)36-24-9-11-28-25-23(24)8-10-27-25/h1,3-11,13,19H,2,12,14-18H2,(H,27,28)(H2,30,31,34)/b29-19+. The minimum atomic E-state index is -0.423. The highest BCUT2D eigenvalue weighted by Gasteiger charge is 2.10. The van der Waals surface area contributed by atoms with Gasteiger partial charge in [-0.25, -0.2) is 15.2 Å². The Balaban J connectivity index is 1.08. The Kier molecular flexibility index (Phi) is 7.55. The average Bonchev–Trinajstić information content (AvgIpc) is 3.56. The Morgan fingerprint density at radius 2 is 2.00 bits per heavy atom. The molecule has 10 heteroatoms. The topological polar surface area (TPSA) is 109 Å². The molecule has 10 nitrogen and oxygen atoms in total.